The molecule has 1 fully saturated rings. The van der Waals surface area contributed by atoms with Gasteiger partial charge in [0.05, 0.1) is 17.1 Å². The minimum absolute atomic E-state index is 0.116. The van der Waals surface area contributed by atoms with Crippen LogP contribution in [0.5, 0.6) is 5.75 Å². The Morgan fingerprint density at radius 2 is 1.78 bits per heavy atom. The Balaban J connectivity index is 1.36. The van der Waals surface area contributed by atoms with Crippen molar-refractivity contribution < 1.29 is 9.53 Å². The quantitative estimate of drug-likeness (QED) is 0.362. The number of carbonyl (C=O) groups excluding carboxylic acids is 1. The number of rotatable bonds is 7. The molecule has 1 aromatic heterocycles. The van der Waals surface area contributed by atoms with Gasteiger partial charge in [-0.1, -0.05) is 61.7 Å². The highest BCUT2D eigenvalue weighted by molar-refractivity contribution is 5.91. The number of para-hydroxylation sites is 2. The molecular weight excluding hydrogens is 452 g/mol. The number of ether oxygens (including phenoxy) is 1. The van der Waals surface area contributed by atoms with Crippen LogP contribution in [0.25, 0.3) is 10.9 Å². The fourth-order valence-corrected chi connectivity index (χ4v) is 4.55. The molecule has 0 radical (unpaired) electrons. The third kappa shape index (κ3) is 5.51. The lowest BCUT2D eigenvalue weighted by Crippen LogP contribution is -2.25. The second-order valence-electron chi connectivity index (χ2n) is 8.96. The molecule has 0 bridgehead atoms. The first kappa shape index (κ1) is 23.5. The van der Waals surface area contributed by atoms with Crippen LogP contribution < -0.4 is 15.6 Å². The molecule has 7 nitrogen and oxygen atoms in total. The monoisotopic (exact) mass is 480 g/mol. The van der Waals surface area contributed by atoms with Crippen LogP contribution in [0.3, 0.4) is 0 Å². The minimum Gasteiger partial charge on any atom is -0.484 e. The first-order valence-corrected chi connectivity index (χ1v) is 12.3. The number of fused-ring (bicyclic) bond motifs is 1. The number of hydrogen-bond donors (Lipinski definition) is 1. The van der Waals surface area contributed by atoms with Gasteiger partial charge in [-0.05, 0) is 54.8 Å². The summed E-state index contributed by atoms with van der Waals surface area (Å²) in [5, 5.41) is 7.92. The highest BCUT2D eigenvalue weighted by Gasteiger charge is 2.22. The average Bonchev–Trinajstić information content (AvgIpc) is 2.93. The maximum atomic E-state index is 13.3. The van der Waals surface area contributed by atoms with Crippen molar-refractivity contribution >= 4 is 28.7 Å². The highest BCUT2D eigenvalue weighted by Crippen LogP contribution is 2.31. The maximum Gasteiger partial charge on any atom is 0.282 e. The normalized spacial score (nSPS) is 14.2. The predicted molar refractivity (Wildman–Crippen MR) is 142 cm³/mol. The standard InChI is InChI=1S/C29H28N4O3/c34-27(31-23-13-5-2-6-14-23)20-36-24-15-9-10-21(18-24)19-30-33-28(22-11-3-1-4-12-22)32-26-17-8-7-16-25(26)29(33)35/h2,5-10,13-19,22H,1,3-4,11-12,20H2,(H,31,34). The van der Waals surface area contributed by atoms with Gasteiger partial charge < -0.3 is 10.1 Å². The zero-order chi connectivity index (χ0) is 24.7. The van der Waals surface area contributed by atoms with Crippen molar-refractivity contribution in [2.75, 3.05) is 11.9 Å². The SMILES string of the molecule is O=C(COc1cccc(C=Nn2c(C3CCCCC3)nc3ccccc3c2=O)c1)Nc1ccccc1. The largest absolute Gasteiger partial charge is 0.484 e. The van der Waals surface area contributed by atoms with E-state index in [1.54, 1.807) is 24.4 Å². The van der Waals surface area contributed by atoms with E-state index in [0.717, 1.165) is 42.8 Å². The number of nitrogens with zero attached hydrogens (tertiary/aromatic N) is 3. The second kappa shape index (κ2) is 11.0. The average molecular weight is 481 g/mol. The molecule has 0 spiro atoms. The van der Waals surface area contributed by atoms with Crippen molar-refractivity contribution in [3.05, 3.63) is 101 Å². The van der Waals surface area contributed by atoms with E-state index in [4.69, 9.17) is 9.72 Å². The summed E-state index contributed by atoms with van der Waals surface area (Å²) in [5.41, 5.74) is 2.02. The Kier molecular flexibility index (Phi) is 7.17. The van der Waals surface area contributed by atoms with E-state index in [9.17, 15) is 9.59 Å². The fraction of sp³-hybridized carbons (Fsp3) is 0.241. The van der Waals surface area contributed by atoms with Crippen LogP contribution in [0.15, 0.2) is 88.8 Å². The summed E-state index contributed by atoms with van der Waals surface area (Å²) in [4.78, 5) is 30.4. The van der Waals surface area contributed by atoms with Crippen LogP contribution >= 0.6 is 0 Å². The van der Waals surface area contributed by atoms with Crippen LogP contribution in [0.1, 0.15) is 49.4 Å². The van der Waals surface area contributed by atoms with Gasteiger partial charge in [-0.15, -0.1) is 0 Å². The first-order chi connectivity index (χ1) is 17.7. The lowest BCUT2D eigenvalue weighted by atomic mass is 9.88. The van der Waals surface area contributed by atoms with Gasteiger partial charge in [0.2, 0.25) is 0 Å². The number of carbonyl (C=O) groups is 1. The van der Waals surface area contributed by atoms with Crippen molar-refractivity contribution in [3.63, 3.8) is 0 Å². The van der Waals surface area contributed by atoms with Crippen LogP contribution in [0.4, 0.5) is 5.69 Å². The molecule has 0 atom stereocenters. The highest BCUT2D eigenvalue weighted by atomic mass is 16.5. The summed E-state index contributed by atoms with van der Waals surface area (Å²) in [5.74, 6) is 1.23. The number of nitrogens with one attached hydrogen (secondary N) is 1. The van der Waals surface area contributed by atoms with Crippen molar-refractivity contribution in [2.24, 2.45) is 5.10 Å². The van der Waals surface area contributed by atoms with E-state index >= 15 is 0 Å². The molecule has 0 saturated heterocycles. The van der Waals surface area contributed by atoms with E-state index in [2.05, 4.69) is 10.4 Å². The Labute approximate surface area is 209 Å². The van der Waals surface area contributed by atoms with E-state index in [1.807, 2.05) is 60.7 Å². The lowest BCUT2D eigenvalue weighted by Gasteiger charge is -2.22. The van der Waals surface area contributed by atoms with E-state index in [1.165, 1.54) is 11.1 Å². The van der Waals surface area contributed by atoms with Gasteiger partial charge in [-0.2, -0.15) is 9.78 Å². The van der Waals surface area contributed by atoms with E-state index < -0.39 is 0 Å². The smallest absolute Gasteiger partial charge is 0.282 e. The lowest BCUT2D eigenvalue weighted by molar-refractivity contribution is -0.118. The van der Waals surface area contributed by atoms with Crippen LogP contribution in [-0.2, 0) is 4.79 Å². The van der Waals surface area contributed by atoms with Gasteiger partial charge in [0.1, 0.15) is 11.6 Å². The molecule has 4 aromatic rings. The Bertz CT molecular complexity index is 1440. The number of amides is 1. The molecule has 0 aliphatic heterocycles. The van der Waals surface area contributed by atoms with Crippen LogP contribution in [0, 0.1) is 0 Å². The van der Waals surface area contributed by atoms with Gasteiger partial charge in [0.15, 0.2) is 6.61 Å². The summed E-state index contributed by atoms with van der Waals surface area (Å²) in [6, 6.07) is 23.9. The molecular formula is C29H28N4O3. The molecule has 5 rings (SSSR count). The van der Waals surface area contributed by atoms with Crippen molar-refractivity contribution in [2.45, 2.75) is 38.0 Å². The number of aromatic nitrogens is 2. The van der Waals surface area contributed by atoms with Crippen molar-refractivity contribution in [1.82, 2.24) is 9.66 Å². The molecule has 1 N–H and O–H groups in total. The van der Waals surface area contributed by atoms with Crippen LogP contribution in [0.2, 0.25) is 0 Å². The minimum atomic E-state index is -0.244. The predicted octanol–water partition coefficient (Wildman–Crippen LogP) is 5.34. The molecule has 182 valence electrons. The van der Waals surface area contributed by atoms with Gasteiger partial charge in [0.25, 0.3) is 11.5 Å². The molecule has 1 heterocycles. The third-order valence-corrected chi connectivity index (χ3v) is 6.36. The van der Waals surface area contributed by atoms with Gasteiger partial charge >= 0.3 is 0 Å². The first-order valence-electron chi connectivity index (χ1n) is 12.3. The molecule has 1 saturated carbocycles. The third-order valence-electron chi connectivity index (χ3n) is 6.36. The van der Waals surface area contributed by atoms with Gasteiger partial charge in [-0.25, -0.2) is 4.98 Å². The number of hydrogen-bond acceptors (Lipinski definition) is 5. The van der Waals surface area contributed by atoms with Gasteiger partial charge in [0, 0.05) is 11.6 Å². The van der Waals surface area contributed by atoms with Crippen molar-refractivity contribution in [3.8, 4) is 5.75 Å². The molecule has 3 aromatic carbocycles. The maximum absolute atomic E-state index is 13.3. The number of benzene rings is 3. The zero-order valence-electron chi connectivity index (χ0n) is 20.0. The summed E-state index contributed by atoms with van der Waals surface area (Å²) < 4.78 is 7.14. The summed E-state index contributed by atoms with van der Waals surface area (Å²) in [6.07, 6.45) is 7.14. The van der Waals surface area contributed by atoms with Gasteiger partial charge in [-0.3, -0.25) is 9.59 Å². The summed E-state index contributed by atoms with van der Waals surface area (Å²) in [7, 11) is 0. The molecule has 1 amide bonds. The molecule has 1 aliphatic rings. The molecule has 36 heavy (non-hydrogen) atoms. The number of anilines is 1. The van der Waals surface area contributed by atoms with Crippen LogP contribution in [-0.4, -0.2) is 28.4 Å². The Hall–Kier alpha value is -4.26. The topological polar surface area (TPSA) is 85.6 Å². The van der Waals surface area contributed by atoms with E-state index in [-0.39, 0.29) is 24.0 Å². The Morgan fingerprint density at radius 1 is 1.00 bits per heavy atom. The molecule has 0 unspecified atom stereocenters. The van der Waals surface area contributed by atoms with E-state index in [0.29, 0.717) is 16.7 Å². The fourth-order valence-electron chi connectivity index (χ4n) is 4.55. The second-order valence-corrected chi connectivity index (χ2v) is 8.96. The molecule has 1 aliphatic carbocycles. The summed E-state index contributed by atoms with van der Waals surface area (Å²) in [6.45, 7) is -0.116. The Morgan fingerprint density at radius 3 is 2.61 bits per heavy atom. The zero-order valence-corrected chi connectivity index (χ0v) is 20.0. The summed E-state index contributed by atoms with van der Waals surface area (Å²) >= 11 is 0. The molecule has 7 heteroatoms. The van der Waals surface area contributed by atoms with Crippen molar-refractivity contribution in [1.29, 1.82) is 0 Å².